The Morgan fingerprint density at radius 1 is 1.23 bits per heavy atom. The third kappa shape index (κ3) is 4.45. The molecule has 1 N–H and O–H groups in total. The van der Waals surface area contributed by atoms with Gasteiger partial charge in [0.2, 0.25) is 0 Å². The van der Waals surface area contributed by atoms with Gasteiger partial charge in [0.15, 0.2) is 0 Å². The van der Waals surface area contributed by atoms with Crippen molar-refractivity contribution in [2.24, 2.45) is 0 Å². The van der Waals surface area contributed by atoms with Crippen molar-refractivity contribution in [1.29, 1.82) is 0 Å². The van der Waals surface area contributed by atoms with Crippen LogP contribution in [0.15, 0.2) is 36.4 Å². The molecular weight excluding hydrogens is 164 g/mol. The van der Waals surface area contributed by atoms with Gasteiger partial charge in [-0.3, -0.25) is 0 Å². The fraction of sp³-hybridized carbons (Fsp3) is 0.273. The van der Waals surface area contributed by atoms with E-state index < -0.39 is 0 Å². The molecule has 0 fully saturated rings. The Kier molecular flexibility index (Phi) is 4.91. The van der Waals surface area contributed by atoms with Crippen molar-refractivity contribution >= 4 is 6.08 Å². The first-order valence-electron chi connectivity index (χ1n) is 4.33. The Balaban J connectivity index is 2.25. The van der Waals surface area contributed by atoms with E-state index in [0.29, 0.717) is 13.2 Å². The molecule has 13 heavy (non-hydrogen) atoms. The van der Waals surface area contributed by atoms with E-state index in [0.717, 1.165) is 5.56 Å². The number of aliphatic hydroxyl groups is 1. The quantitative estimate of drug-likeness (QED) is 0.695. The average molecular weight is 178 g/mol. The molecule has 2 nitrogen and oxygen atoms in total. The lowest BCUT2D eigenvalue weighted by atomic mass is 10.2. The van der Waals surface area contributed by atoms with E-state index in [1.165, 1.54) is 0 Å². The number of aliphatic hydroxyl groups excluding tert-OH is 1. The highest BCUT2D eigenvalue weighted by Gasteiger charge is 1.83. The Morgan fingerprint density at radius 3 is 2.69 bits per heavy atom. The summed E-state index contributed by atoms with van der Waals surface area (Å²) in [7, 11) is 0. The molecule has 0 heterocycles. The minimum Gasteiger partial charge on any atom is -0.394 e. The highest BCUT2D eigenvalue weighted by molar-refractivity contribution is 5.48. The van der Waals surface area contributed by atoms with Crippen LogP contribution in [-0.2, 0) is 4.74 Å². The fourth-order valence-electron chi connectivity index (χ4n) is 0.964. The van der Waals surface area contributed by atoms with Gasteiger partial charge in [-0.15, -0.1) is 0 Å². The van der Waals surface area contributed by atoms with Gasteiger partial charge in [0.1, 0.15) is 0 Å². The number of benzene rings is 1. The second kappa shape index (κ2) is 6.40. The van der Waals surface area contributed by atoms with Crippen LogP contribution in [-0.4, -0.2) is 24.9 Å². The molecule has 0 unspecified atom stereocenters. The minimum absolute atomic E-state index is 0.0825. The van der Waals surface area contributed by atoms with E-state index in [4.69, 9.17) is 9.84 Å². The zero-order valence-electron chi connectivity index (χ0n) is 7.52. The van der Waals surface area contributed by atoms with Crippen LogP contribution >= 0.6 is 0 Å². The lowest BCUT2D eigenvalue weighted by Crippen LogP contribution is -1.97. The molecule has 0 spiro atoms. The van der Waals surface area contributed by atoms with E-state index in [1.807, 2.05) is 42.5 Å². The van der Waals surface area contributed by atoms with Crippen molar-refractivity contribution in [2.45, 2.75) is 0 Å². The van der Waals surface area contributed by atoms with Gasteiger partial charge in [-0.05, 0) is 5.56 Å². The number of ether oxygens (including phenoxy) is 1. The number of hydrogen-bond donors (Lipinski definition) is 1. The molecule has 0 amide bonds. The third-order valence-electron chi connectivity index (χ3n) is 1.56. The summed E-state index contributed by atoms with van der Waals surface area (Å²) in [5, 5.41) is 8.43. The zero-order chi connectivity index (χ0) is 9.36. The first-order chi connectivity index (χ1) is 6.43. The van der Waals surface area contributed by atoms with Gasteiger partial charge < -0.3 is 9.84 Å². The Hall–Kier alpha value is -1.12. The van der Waals surface area contributed by atoms with Gasteiger partial charge in [0.25, 0.3) is 0 Å². The molecule has 1 aromatic rings. The van der Waals surface area contributed by atoms with Crippen molar-refractivity contribution in [3.05, 3.63) is 42.0 Å². The van der Waals surface area contributed by atoms with Crippen molar-refractivity contribution in [3.63, 3.8) is 0 Å². The van der Waals surface area contributed by atoms with Gasteiger partial charge in [0, 0.05) is 0 Å². The molecule has 1 rings (SSSR count). The minimum atomic E-state index is 0.0825. The molecule has 0 aliphatic carbocycles. The molecule has 0 aliphatic rings. The molecule has 2 heteroatoms. The topological polar surface area (TPSA) is 29.5 Å². The Morgan fingerprint density at radius 2 is 2.00 bits per heavy atom. The summed E-state index contributed by atoms with van der Waals surface area (Å²) >= 11 is 0. The van der Waals surface area contributed by atoms with Gasteiger partial charge >= 0.3 is 0 Å². The van der Waals surface area contributed by atoms with Crippen LogP contribution in [0.3, 0.4) is 0 Å². The van der Waals surface area contributed by atoms with E-state index in [1.54, 1.807) is 0 Å². The average Bonchev–Trinajstić information content (AvgIpc) is 2.19. The van der Waals surface area contributed by atoms with Gasteiger partial charge in [0.05, 0.1) is 19.8 Å². The maximum Gasteiger partial charge on any atom is 0.0701 e. The van der Waals surface area contributed by atoms with Gasteiger partial charge in [-0.1, -0.05) is 42.5 Å². The molecule has 0 bridgehead atoms. The molecule has 0 aromatic heterocycles. The van der Waals surface area contributed by atoms with E-state index >= 15 is 0 Å². The summed E-state index contributed by atoms with van der Waals surface area (Å²) < 4.78 is 5.07. The summed E-state index contributed by atoms with van der Waals surface area (Å²) in [4.78, 5) is 0. The number of hydrogen-bond acceptors (Lipinski definition) is 2. The summed E-state index contributed by atoms with van der Waals surface area (Å²) in [6.07, 6.45) is 3.93. The van der Waals surface area contributed by atoms with Crippen LogP contribution in [0.25, 0.3) is 6.08 Å². The second-order valence-electron chi connectivity index (χ2n) is 2.61. The summed E-state index contributed by atoms with van der Waals surface area (Å²) in [6.45, 7) is 1.04. The maximum absolute atomic E-state index is 8.43. The Labute approximate surface area is 78.5 Å². The predicted octanol–water partition coefficient (Wildman–Crippen LogP) is 1.71. The van der Waals surface area contributed by atoms with Crippen LogP contribution in [0.2, 0.25) is 0 Å². The summed E-state index contributed by atoms with van der Waals surface area (Å²) in [6, 6.07) is 10.0. The lowest BCUT2D eigenvalue weighted by Gasteiger charge is -1.95. The van der Waals surface area contributed by atoms with E-state index in [2.05, 4.69) is 0 Å². The smallest absolute Gasteiger partial charge is 0.0701 e. The van der Waals surface area contributed by atoms with Crippen LogP contribution in [0.5, 0.6) is 0 Å². The molecule has 1 aromatic carbocycles. The first-order valence-corrected chi connectivity index (χ1v) is 4.33. The van der Waals surface area contributed by atoms with Gasteiger partial charge in [-0.25, -0.2) is 0 Å². The van der Waals surface area contributed by atoms with E-state index in [-0.39, 0.29) is 6.61 Å². The summed E-state index contributed by atoms with van der Waals surface area (Å²) in [5.74, 6) is 0. The molecule has 70 valence electrons. The van der Waals surface area contributed by atoms with Crippen molar-refractivity contribution in [2.75, 3.05) is 19.8 Å². The van der Waals surface area contributed by atoms with Gasteiger partial charge in [-0.2, -0.15) is 0 Å². The molecular formula is C11H14O2. The second-order valence-corrected chi connectivity index (χ2v) is 2.61. The number of rotatable bonds is 5. The van der Waals surface area contributed by atoms with Crippen molar-refractivity contribution in [3.8, 4) is 0 Å². The largest absolute Gasteiger partial charge is 0.394 e. The highest BCUT2D eigenvalue weighted by atomic mass is 16.5. The normalized spacial score (nSPS) is 10.8. The molecule has 0 saturated heterocycles. The van der Waals surface area contributed by atoms with Crippen molar-refractivity contribution in [1.82, 2.24) is 0 Å². The van der Waals surface area contributed by atoms with E-state index in [9.17, 15) is 0 Å². The molecule has 0 atom stereocenters. The van der Waals surface area contributed by atoms with Crippen molar-refractivity contribution < 1.29 is 9.84 Å². The molecule has 0 aliphatic heterocycles. The zero-order valence-corrected chi connectivity index (χ0v) is 7.52. The lowest BCUT2D eigenvalue weighted by molar-refractivity contribution is 0.112. The summed E-state index contributed by atoms with van der Waals surface area (Å²) in [5.41, 5.74) is 1.16. The standard InChI is InChI=1S/C11H14O2/c12-8-10-13-9-4-7-11-5-2-1-3-6-11/h1-7,12H,8-10H2/b7-4+. The predicted molar refractivity (Wildman–Crippen MR) is 53.4 cm³/mol. The monoisotopic (exact) mass is 178 g/mol. The third-order valence-corrected chi connectivity index (χ3v) is 1.56. The highest BCUT2D eigenvalue weighted by Crippen LogP contribution is 2.00. The van der Waals surface area contributed by atoms with Crippen LogP contribution in [0, 0.1) is 0 Å². The van der Waals surface area contributed by atoms with Crippen LogP contribution in [0.4, 0.5) is 0 Å². The fourth-order valence-corrected chi connectivity index (χ4v) is 0.964. The SMILES string of the molecule is OCCOC/C=C/c1ccccc1. The first kappa shape index (κ1) is 9.96. The molecule has 0 radical (unpaired) electrons. The Bertz CT molecular complexity index is 242. The molecule has 0 saturated carbocycles. The van der Waals surface area contributed by atoms with Crippen LogP contribution < -0.4 is 0 Å². The van der Waals surface area contributed by atoms with Crippen LogP contribution in [0.1, 0.15) is 5.56 Å². The maximum atomic E-state index is 8.43.